The summed E-state index contributed by atoms with van der Waals surface area (Å²) in [7, 11) is -4.21. The molecule has 1 aromatic carbocycles. The average molecular weight is 535 g/mol. The number of aliphatic hydroxyl groups excluding tert-OH is 2. The molecule has 0 amide bonds. The Hall–Kier alpha value is -3.06. The highest BCUT2D eigenvalue weighted by Gasteiger charge is 2.53. The molecule has 13 nitrogen and oxygen atoms in total. The molecule has 0 unspecified atom stereocenters. The first-order valence-electron chi connectivity index (χ1n) is 11.6. The number of ether oxygens (including phenoxy) is 2. The Morgan fingerprint density at radius 2 is 2.03 bits per heavy atom. The van der Waals surface area contributed by atoms with Crippen molar-refractivity contribution in [1.82, 2.24) is 19.7 Å². The van der Waals surface area contributed by atoms with Crippen molar-refractivity contribution in [1.29, 1.82) is 0 Å². The number of benzene rings is 1. The Bertz CT molecular complexity index is 1290. The van der Waals surface area contributed by atoms with Crippen LogP contribution in [0.4, 0.5) is 5.82 Å². The van der Waals surface area contributed by atoms with E-state index in [1.54, 1.807) is 49.4 Å². The molecule has 3 aromatic rings. The lowest BCUT2D eigenvalue weighted by Gasteiger charge is -2.30. The van der Waals surface area contributed by atoms with Crippen molar-refractivity contribution >= 4 is 25.1 Å². The van der Waals surface area contributed by atoms with Crippen molar-refractivity contribution in [3.05, 3.63) is 54.5 Å². The number of fused-ring (bicyclic) bond motifs is 1. The zero-order chi connectivity index (χ0) is 26.8. The number of nitrogens with two attached hydrogens (primary N) is 1. The normalized spacial score (nSPS) is 26.0. The first-order chi connectivity index (χ1) is 17.6. The topological polar surface area (TPSA) is 180 Å². The Morgan fingerprint density at radius 1 is 1.30 bits per heavy atom. The van der Waals surface area contributed by atoms with Crippen LogP contribution in [-0.2, 0) is 23.4 Å². The molecule has 2 aromatic heterocycles. The number of esters is 1. The molecule has 6 atom stereocenters. The maximum Gasteiger partial charge on any atom is 0.459 e. The van der Waals surface area contributed by atoms with Crippen LogP contribution < -0.4 is 15.3 Å². The Labute approximate surface area is 213 Å². The largest absolute Gasteiger partial charge is 0.465 e. The van der Waals surface area contributed by atoms with Gasteiger partial charge in [-0.3, -0.25) is 9.32 Å². The average Bonchev–Trinajstić information content (AvgIpc) is 3.40. The number of nitrogen functional groups attached to an aromatic ring is 1. The first kappa shape index (κ1) is 27.0. The third-order valence-electron chi connectivity index (χ3n) is 5.94. The van der Waals surface area contributed by atoms with Crippen molar-refractivity contribution < 1.29 is 38.1 Å². The second kappa shape index (κ2) is 10.7. The van der Waals surface area contributed by atoms with Crippen LogP contribution in [0.1, 0.15) is 32.6 Å². The Morgan fingerprint density at radius 3 is 2.73 bits per heavy atom. The summed E-state index contributed by atoms with van der Waals surface area (Å²) in [4.78, 5) is 16.1. The van der Waals surface area contributed by atoms with Crippen molar-refractivity contribution in [2.75, 3.05) is 18.9 Å². The zero-order valence-electron chi connectivity index (χ0n) is 20.6. The number of aromatic nitrogens is 3. The predicted octanol–water partition coefficient (Wildman–Crippen LogP) is 1.61. The van der Waals surface area contributed by atoms with Crippen LogP contribution in [-0.4, -0.2) is 67.8 Å². The monoisotopic (exact) mass is 535 g/mol. The highest BCUT2D eigenvalue weighted by Crippen LogP contribution is 2.48. The quantitative estimate of drug-likeness (QED) is 0.218. The van der Waals surface area contributed by atoms with Crippen LogP contribution in [0, 0.1) is 0 Å². The molecular formula is C23H30N5O8P. The number of hydrogen-bond donors (Lipinski definition) is 4. The predicted molar refractivity (Wildman–Crippen MR) is 132 cm³/mol. The molecule has 0 spiro atoms. The number of aliphatic hydroxyl groups is 2. The third kappa shape index (κ3) is 5.61. The fourth-order valence-electron chi connectivity index (χ4n) is 3.98. The molecular weight excluding hydrogens is 505 g/mol. The molecule has 0 bridgehead atoms. The lowest BCUT2D eigenvalue weighted by atomic mass is 9.97. The van der Waals surface area contributed by atoms with Gasteiger partial charge in [0, 0.05) is 0 Å². The summed E-state index contributed by atoms with van der Waals surface area (Å²) in [5, 5.41) is 28.5. The molecule has 200 valence electrons. The van der Waals surface area contributed by atoms with Crippen molar-refractivity contribution in [3.8, 4) is 5.75 Å². The van der Waals surface area contributed by atoms with Crippen LogP contribution in [0.2, 0.25) is 0 Å². The van der Waals surface area contributed by atoms with Gasteiger partial charge < -0.3 is 29.9 Å². The van der Waals surface area contributed by atoms with E-state index in [1.165, 1.54) is 24.7 Å². The number of carbonyl (C=O) groups excluding carboxylic acids is 1. The molecule has 1 aliphatic heterocycles. The summed E-state index contributed by atoms with van der Waals surface area (Å²) in [5.74, 6) is -0.188. The van der Waals surface area contributed by atoms with Crippen molar-refractivity contribution in [3.63, 3.8) is 0 Å². The standard InChI is InChI=1S/C23H30N5O8P/c1-4-33-22(31)14(2)27-37(32,36-15-8-6-5-7-9-15)34-12-23(3)20(30)18(29)19(35-23)16-10-11-17-21(24)25-13-26-28(16)17/h5-11,13-14,18-20,29-30H,4,12H2,1-3H3,(H,27,32)(H2,24,25,26)/t14-,18-,19-,20-,23+,37-/m0/s1. The highest BCUT2D eigenvalue weighted by atomic mass is 31.2. The molecule has 0 saturated carbocycles. The molecule has 4 rings (SSSR count). The number of anilines is 1. The minimum atomic E-state index is -4.21. The van der Waals surface area contributed by atoms with Gasteiger partial charge in [0.15, 0.2) is 5.82 Å². The number of nitrogens with zero attached hydrogens (tertiary/aromatic N) is 3. The van der Waals surface area contributed by atoms with Gasteiger partial charge in [0.25, 0.3) is 0 Å². The zero-order valence-corrected chi connectivity index (χ0v) is 21.4. The highest BCUT2D eigenvalue weighted by molar-refractivity contribution is 7.52. The summed E-state index contributed by atoms with van der Waals surface area (Å²) < 4.78 is 37.5. The fraction of sp³-hybridized carbons (Fsp3) is 0.435. The molecule has 14 heteroatoms. The van der Waals surface area contributed by atoms with Crippen molar-refractivity contribution in [2.24, 2.45) is 0 Å². The van der Waals surface area contributed by atoms with Gasteiger partial charge in [-0.05, 0) is 45.0 Å². The number of rotatable bonds is 10. The maximum atomic E-state index is 13.7. The summed E-state index contributed by atoms with van der Waals surface area (Å²) >= 11 is 0. The number of hydrogen-bond acceptors (Lipinski definition) is 11. The third-order valence-corrected chi connectivity index (χ3v) is 7.56. The summed E-state index contributed by atoms with van der Waals surface area (Å²) in [6.45, 7) is 4.28. The van der Waals surface area contributed by atoms with Gasteiger partial charge in [0.2, 0.25) is 0 Å². The SMILES string of the molecule is CCOC(=O)[C@H](C)N[P@](=O)(OC[C@@]1(C)O[C@@H](c2ccc3c(N)ncnn23)[C@H](O)[C@@H]1O)Oc1ccccc1. The summed E-state index contributed by atoms with van der Waals surface area (Å²) in [5.41, 5.74) is 5.31. The second-order valence-corrected chi connectivity index (χ2v) is 10.5. The number of nitrogens with one attached hydrogen (secondary N) is 1. The second-order valence-electron chi connectivity index (χ2n) is 8.77. The van der Waals surface area contributed by atoms with E-state index in [1.807, 2.05) is 0 Å². The van der Waals surface area contributed by atoms with Gasteiger partial charge in [-0.25, -0.2) is 14.1 Å². The maximum absolute atomic E-state index is 13.7. The molecule has 1 aliphatic rings. The summed E-state index contributed by atoms with van der Waals surface area (Å²) in [6, 6.07) is 10.5. The Kier molecular flexibility index (Phi) is 7.83. The fourth-order valence-corrected chi connectivity index (χ4v) is 5.57. The number of para-hydroxylation sites is 1. The molecule has 0 aliphatic carbocycles. The van der Waals surface area contributed by atoms with Crippen LogP contribution in [0.5, 0.6) is 5.75 Å². The lowest BCUT2D eigenvalue weighted by Crippen LogP contribution is -2.45. The molecule has 37 heavy (non-hydrogen) atoms. The van der Waals surface area contributed by atoms with Gasteiger partial charge in [0.1, 0.15) is 47.5 Å². The van der Waals surface area contributed by atoms with E-state index < -0.39 is 50.3 Å². The van der Waals surface area contributed by atoms with E-state index in [0.717, 1.165) is 0 Å². The van der Waals surface area contributed by atoms with E-state index in [4.69, 9.17) is 24.3 Å². The van der Waals surface area contributed by atoms with Gasteiger partial charge in [-0.15, -0.1) is 0 Å². The molecule has 1 saturated heterocycles. The van der Waals surface area contributed by atoms with Crippen LogP contribution >= 0.6 is 7.75 Å². The minimum Gasteiger partial charge on any atom is -0.465 e. The molecule has 3 heterocycles. The number of carbonyl (C=O) groups is 1. The van der Waals surface area contributed by atoms with Crippen LogP contribution in [0.3, 0.4) is 0 Å². The van der Waals surface area contributed by atoms with E-state index >= 15 is 0 Å². The van der Waals surface area contributed by atoms with Gasteiger partial charge >= 0.3 is 13.7 Å². The Balaban J connectivity index is 1.55. The van der Waals surface area contributed by atoms with Crippen molar-refractivity contribution in [2.45, 2.75) is 50.7 Å². The summed E-state index contributed by atoms with van der Waals surface area (Å²) in [6.07, 6.45) is -2.56. The van der Waals surface area contributed by atoms with E-state index in [-0.39, 0.29) is 18.2 Å². The van der Waals surface area contributed by atoms with Crippen LogP contribution in [0.15, 0.2) is 48.8 Å². The minimum absolute atomic E-state index is 0.137. The smallest absolute Gasteiger partial charge is 0.459 e. The van der Waals surface area contributed by atoms with E-state index in [0.29, 0.717) is 11.2 Å². The van der Waals surface area contributed by atoms with Crippen LogP contribution in [0.25, 0.3) is 5.52 Å². The molecule has 5 N–H and O–H groups in total. The molecule has 1 fully saturated rings. The molecule has 0 radical (unpaired) electrons. The van der Waals surface area contributed by atoms with E-state index in [9.17, 15) is 19.6 Å². The van der Waals surface area contributed by atoms with E-state index in [2.05, 4.69) is 15.2 Å². The first-order valence-corrected chi connectivity index (χ1v) is 13.2. The van der Waals surface area contributed by atoms with Gasteiger partial charge in [0.05, 0.1) is 18.9 Å². The van der Waals surface area contributed by atoms with Gasteiger partial charge in [-0.2, -0.15) is 10.2 Å². The lowest BCUT2D eigenvalue weighted by molar-refractivity contribution is -0.144. The van der Waals surface area contributed by atoms with Gasteiger partial charge in [-0.1, -0.05) is 18.2 Å².